The molecule has 5 nitrogen and oxygen atoms in total. The summed E-state index contributed by atoms with van der Waals surface area (Å²) in [5.41, 5.74) is 5.67. The zero-order valence-electron chi connectivity index (χ0n) is 15.7. The number of aryl methyl sites for hydroxylation is 2. The van der Waals surface area contributed by atoms with Gasteiger partial charge in [-0.25, -0.2) is 18.9 Å². The molecule has 4 aromatic rings. The molecule has 0 amide bonds. The summed E-state index contributed by atoms with van der Waals surface area (Å²) in [6, 6.07) is 11.6. The maximum Gasteiger partial charge on any atom is 0.336 e. The lowest BCUT2D eigenvalue weighted by Gasteiger charge is -2.11. The molecule has 2 aromatic heterocycles. The lowest BCUT2D eigenvalue weighted by Crippen LogP contribution is -2.03. The molecule has 140 valence electrons. The van der Waals surface area contributed by atoms with Crippen LogP contribution in [0.15, 0.2) is 48.7 Å². The van der Waals surface area contributed by atoms with Crippen LogP contribution in [0.3, 0.4) is 0 Å². The first kappa shape index (κ1) is 17.9. The van der Waals surface area contributed by atoms with Gasteiger partial charge in [0.25, 0.3) is 0 Å². The van der Waals surface area contributed by atoms with Crippen molar-refractivity contribution in [2.24, 2.45) is 0 Å². The Labute approximate surface area is 161 Å². The van der Waals surface area contributed by atoms with E-state index in [9.17, 15) is 14.3 Å². The number of pyridine rings is 1. The maximum absolute atomic E-state index is 13.6. The smallest absolute Gasteiger partial charge is 0.336 e. The Morgan fingerprint density at radius 1 is 1.07 bits per heavy atom. The standard InChI is InChI=1S/C22H18FN3O2/c1-12-4-5-13(2)21(8-12)26-14(3)18(11-24-26)20-10-17(22(27)28)16-9-15(23)6-7-19(16)25-20/h4-11H,1-3H3,(H,27,28). The van der Waals surface area contributed by atoms with Gasteiger partial charge in [0.05, 0.1) is 34.4 Å². The van der Waals surface area contributed by atoms with Crippen molar-refractivity contribution < 1.29 is 14.3 Å². The van der Waals surface area contributed by atoms with Crippen molar-refractivity contribution in [3.8, 4) is 16.9 Å². The monoisotopic (exact) mass is 375 g/mol. The van der Waals surface area contributed by atoms with E-state index in [0.717, 1.165) is 28.1 Å². The van der Waals surface area contributed by atoms with Crippen molar-refractivity contribution in [3.05, 3.63) is 76.9 Å². The highest BCUT2D eigenvalue weighted by molar-refractivity contribution is 6.03. The van der Waals surface area contributed by atoms with E-state index in [1.54, 1.807) is 6.20 Å². The van der Waals surface area contributed by atoms with E-state index in [1.165, 1.54) is 24.3 Å². The Balaban J connectivity index is 1.92. The molecular formula is C22H18FN3O2. The van der Waals surface area contributed by atoms with Crippen LogP contribution in [-0.4, -0.2) is 25.8 Å². The molecule has 0 unspecified atom stereocenters. The molecule has 0 bridgehead atoms. The molecule has 0 saturated heterocycles. The number of hydrogen-bond acceptors (Lipinski definition) is 3. The zero-order valence-corrected chi connectivity index (χ0v) is 15.7. The number of carboxylic acids is 1. The SMILES string of the molecule is Cc1ccc(C)c(-n2ncc(-c3cc(C(=O)O)c4cc(F)ccc4n3)c2C)c1. The number of carbonyl (C=O) groups is 1. The summed E-state index contributed by atoms with van der Waals surface area (Å²) >= 11 is 0. The summed E-state index contributed by atoms with van der Waals surface area (Å²) in [5.74, 6) is -1.62. The van der Waals surface area contributed by atoms with Crippen LogP contribution in [0.1, 0.15) is 27.2 Å². The Hall–Kier alpha value is -3.54. The van der Waals surface area contributed by atoms with Crippen molar-refractivity contribution in [1.82, 2.24) is 14.8 Å². The van der Waals surface area contributed by atoms with Gasteiger partial charge in [0.1, 0.15) is 5.82 Å². The summed E-state index contributed by atoms with van der Waals surface area (Å²) < 4.78 is 15.4. The van der Waals surface area contributed by atoms with Crippen LogP contribution >= 0.6 is 0 Å². The fourth-order valence-electron chi connectivity index (χ4n) is 3.36. The number of aromatic nitrogens is 3. The van der Waals surface area contributed by atoms with Crippen LogP contribution in [0.5, 0.6) is 0 Å². The van der Waals surface area contributed by atoms with Gasteiger partial charge in [0.15, 0.2) is 0 Å². The lowest BCUT2D eigenvalue weighted by atomic mass is 10.0. The van der Waals surface area contributed by atoms with Gasteiger partial charge in [0, 0.05) is 10.9 Å². The first-order valence-corrected chi connectivity index (χ1v) is 8.81. The molecule has 28 heavy (non-hydrogen) atoms. The number of nitrogens with zero attached hydrogens (tertiary/aromatic N) is 3. The quantitative estimate of drug-likeness (QED) is 0.556. The second-order valence-electron chi connectivity index (χ2n) is 6.87. The van der Waals surface area contributed by atoms with Gasteiger partial charge in [-0.15, -0.1) is 0 Å². The normalized spacial score (nSPS) is 11.1. The van der Waals surface area contributed by atoms with Crippen LogP contribution in [-0.2, 0) is 0 Å². The molecule has 1 N–H and O–H groups in total. The maximum atomic E-state index is 13.6. The first-order chi connectivity index (χ1) is 13.3. The third-order valence-corrected chi connectivity index (χ3v) is 4.88. The van der Waals surface area contributed by atoms with Gasteiger partial charge in [-0.3, -0.25) is 0 Å². The number of hydrogen-bond donors (Lipinski definition) is 1. The molecular weight excluding hydrogens is 357 g/mol. The molecule has 0 spiro atoms. The molecule has 2 heterocycles. The third kappa shape index (κ3) is 2.93. The molecule has 6 heteroatoms. The van der Waals surface area contributed by atoms with Crippen LogP contribution in [0.4, 0.5) is 4.39 Å². The number of halogens is 1. The summed E-state index contributed by atoms with van der Waals surface area (Å²) in [4.78, 5) is 16.3. The average Bonchev–Trinajstić information content (AvgIpc) is 3.04. The highest BCUT2D eigenvalue weighted by Gasteiger charge is 2.18. The van der Waals surface area contributed by atoms with Gasteiger partial charge in [-0.05, 0) is 62.2 Å². The van der Waals surface area contributed by atoms with Gasteiger partial charge in [-0.1, -0.05) is 12.1 Å². The molecule has 0 aliphatic heterocycles. The van der Waals surface area contributed by atoms with Gasteiger partial charge in [-0.2, -0.15) is 5.10 Å². The van der Waals surface area contributed by atoms with Crippen molar-refractivity contribution >= 4 is 16.9 Å². The van der Waals surface area contributed by atoms with Crippen LogP contribution in [0.25, 0.3) is 27.8 Å². The Morgan fingerprint density at radius 2 is 1.86 bits per heavy atom. The predicted molar refractivity (Wildman–Crippen MR) is 105 cm³/mol. The molecule has 2 aromatic carbocycles. The summed E-state index contributed by atoms with van der Waals surface area (Å²) in [5, 5.41) is 14.4. The number of fused-ring (bicyclic) bond motifs is 1. The van der Waals surface area contributed by atoms with E-state index in [1.807, 2.05) is 37.6 Å². The van der Waals surface area contributed by atoms with E-state index in [2.05, 4.69) is 16.1 Å². The van der Waals surface area contributed by atoms with Gasteiger partial charge >= 0.3 is 5.97 Å². The van der Waals surface area contributed by atoms with E-state index < -0.39 is 11.8 Å². The lowest BCUT2D eigenvalue weighted by molar-refractivity contribution is 0.0699. The number of carboxylic acid groups (broad SMARTS) is 1. The molecule has 0 fully saturated rings. The first-order valence-electron chi connectivity index (χ1n) is 8.81. The summed E-state index contributed by atoms with van der Waals surface area (Å²) in [6.07, 6.45) is 1.68. The van der Waals surface area contributed by atoms with Crippen LogP contribution in [0, 0.1) is 26.6 Å². The number of rotatable bonds is 3. The molecule has 0 saturated carbocycles. The minimum atomic E-state index is -1.13. The summed E-state index contributed by atoms with van der Waals surface area (Å²) in [7, 11) is 0. The topological polar surface area (TPSA) is 68.0 Å². The van der Waals surface area contributed by atoms with Gasteiger partial charge < -0.3 is 5.11 Å². The largest absolute Gasteiger partial charge is 0.478 e. The summed E-state index contributed by atoms with van der Waals surface area (Å²) in [6.45, 7) is 5.95. The average molecular weight is 375 g/mol. The molecule has 4 rings (SSSR count). The molecule has 0 aliphatic carbocycles. The molecule has 0 atom stereocenters. The van der Waals surface area contributed by atoms with E-state index >= 15 is 0 Å². The van der Waals surface area contributed by atoms with Crippen LogP contribution < -0.4 is 0 Å². The van der Waals surface area contributed by atoms with E-state index in [4.69, 9.17) is 0 Å². The zero-order chi connectivity index (χ0) is 20.0. The minimum absolute atomic E-state index is 0.0124. The minimum Gasteiger partial charge on any atom is -0.478 e. The van der Waals surface area contributed by atoms with Crippen molar-refractivity contribution in [2.75, 3.05) is 0 Å². The highest BCUT2D eigenvalue weighted by Crippen LogP contribution is 2.29. The fourth-order valence-corrected chi connectivity index (χ4v) is 3.36. The number of benzene rings is 2. The van der Waals surface area contributed by atoms with Gasteiger partial charge in [0.2, 0.25) is 0 Å². The molecule has 0 aliphatic rings. The second-order valence-corrected chi connectivity index (χ2v) is 6.87. The predicted octanol–water partition coefficient (Wildman–Crippen LogP) is 4.85. The Bertz CT molecular complexity index is 1240. The van der Waals surface area contributed by atoms with Crippen molar-refractivity contribution in [3.63, 3.8) is 0 Å². The number of aromatic carboxylic acids is 1. The van der Waals surface area contributed by atoms with E-state index in [-0.39, 0.29) is 10.9 Å². The Kier molecular flexibility index (Phi) is 4.19. The Morgan fingerprint density at radius 3 is 2.61 bits per heavy atom. The van der Waals surface area contributed by atoms with E-state index in [0.29, 0.717) is 11.2 Å². The fraction of sp³-hybridized carbons (Fsp3) is 0.136. The van der Waals surface area contributed by atoms with Crippen molar-refractivity contribution in [1.29, 1.82) is 0 Å². The second kappa shape index (κ2) is 6.56. The molecule has 0 radical (unpaired) electrons. The van der Waals surface area contributed by atoms with Crippen LogP contribution in [0.2, 0.25) is 0 Å². The third-order valence-electron chi connectivity index (χ3n) is 4.88. The van der Waals surface area contributed by atoms with Crippen molar-refractivity contribution in [2.45, 2.75) is 20.8 Å². The highest BCUT2D eigenvalue weighted by atomic mass is 19.1.